The van der Waals surface area contributed by atoms with Crippen molar-refractivity contribution in [2.75, 3.05) is 32.1 Å². The molecule has 162 valence electrons. The van der Waals surface area contributed by atoms with Crippen molar-refractivity contribution >= 4 is 11.6 Å². The van der Waals surface area contributed by atoms with Gasteiger partial charge in [-0.1, -0.05) is 36.9 Å². The van der Waals surface area contributed by atoms with Crippen LogP contribution in [-0.4, -0.2) is 48.6 Å². The lowest BCUT2D eigenvalue weighted by Crippen LogP contribution is -2.54. The number of anilines is 1. The molecule has 2 heterocycles. The third-order valence-electron chi connectivity index (χ3n) is 6.09. The highest BCUT2D eigenvalue weighted by atomic mass is 16.6. The van der Waals surface area contributed by atoms with Gasteiger partial charge in [-0.05, 0) is 37.7 Å². The molecule has 2 aromatic rings. The summed E-state index contributed by atoms with van der Waals surface area (Å²) in [5.74, 6) is 0.193. The number of amides is 1. The maximum Gasteiger partial charge on any atom is 0.256 e. The molecule has 0 aliphatic carbocycles. The fourth-order valence-electron chi connectivity index (χ4n) is 4.87. The van der Waals surface area contributed by atoms with Crippen molar-refractivity contribution in [1.29, 1.82) is 0 Å². The van der Waals surface area contributed by atoms with Gasteiger partial charge >= 0.3 is 0 Å². The summed E-state index contributed by atoms with van der Waals surface area (Å²) < 4.78 is 11.4. The Morgan fingerprint density at radius 1 is 1.29 bits per heavy atom. The molecule has 31 heavy (non-hydrogen) atoms. The highest BCUT2D eigenvalue weighted by Crippen LogP contribution is 2.52. The van der Waals surface area contributed by atoms with Crippen LogP contribution in [0, 0.1) is 10.1 Å². The van der Waals surface area contributed by atoms with Crippen molar-refractivity contribution in [1.82, 2.24) is 4.90 Å². The van der Waals surface area contributed by atoms with Crippen LogP contribution in [-0.2, 0) is 10.3 Å². The first-order valence-corrected chi connectivity index (χ1v) is 10.2. The summed E-state index contributed by atoms with van der Waals surface area (Å²) in [7, 11) is 1.77. The number of hydrogen-bond acceptors (Lipinski definition) is 6. The van der Waals surface area contributed by atoms with Crippen LogP contribution in [0.25, 0.3) is 0 Å². The lowest BCUT2D eigenvalue weighted by atomic mass is 9.79. The van der Waals surface area contributed by atoms with Crippen molar-refractivity contribution in [3.63, 3.8) is 0 Å². The van der Waals surface area contributed by atoms with Gasteiger partial charge < -0.3 is 14.8 Å². The molecule has 3 atom stereocenters. The Morgan fingerprint density at radius 2 is 2.06 bits per heavy atom. The van der Waals surface area contributed by atoms with Gasteiger partial charge in [0.1, 0.15) is 6.61 Å². The number of fused-ring (bicyclic) bond motifs is 2. The minimum absolute atomic E-state index is 0.321. The number of carbonyl (C=O) groups is 1. The van der Waals surface area contributed by atoms with Crippen LogP contribution >= 0.6 is 0 Å². The number of rotatable bonds is 7. The van der Waals surface area contributed by atoms with Crippen molar-refractivity contribution in [3.05, 3.63) is 76.4 Å². The van der Waals surface area contributed by atoms with Crippen molar-refractivity contribution in [2.45, 2.75) is 24.4 Å². The van der Waals surface area contributed by atoms with E-state index in [0.717, 1.165) is 5.56 Å². The Kier molecular flexibility index (Phi) is 5.41. The Morgan fingerprint density at radius 3 is 2.77 bits per heavy atom. The molecule has 1 fully saturated rings. The molecule has 1 saturated heterocycles. The number of hydrogen-bond donors (Lipinski definition) is 1. The van der Waals surface area contributed by atoms with Gasteiger partial charge in [0, 0.05) is 22.7 Å². The number of likely N-dealkylation sites (N-methyl/N-ethyl adjacent to an activating group) is 1. The summed E-state index contributed by atoms with van der Waals surface area (Å²) in [4.78, 5) is 27.1. The Hall–Kier alpha value is -3.39. The second-order valence-electron chi connectivity index (χ2n) is 7.72. The van der Waals surface area contributed by atoms with E-state index >= 15 is 0 Å². The lowest BCUT2D eigenvalue weighted by Gasteiger charge is -2.30. The molecule has 2 aliphatic rings. The zero-order chi connectivity index (χ0) is 22.2. The van der Waals surface area contributed by atoms with Crippen LogP contribution < -0.4 is 14.8 Å². The fourth-order valence-corrected chi connectivity index (χ4v) is 4.87. The number of ether oxygens (including phenoxy) is 2. The Balaban J connectivity index is 1.80. The summed E-state index contributed by atoms with van der Waals surface area (Å²) in [5.41, 5.74) is 0.629. The third kappa shape index (κ3) is 3.14. The molecular weight excluding hydrogens is 398 g/mol. The maximum absolute atomic E-state index is 13.2. The Bertz CT molecular complexity index is 1040. The van der Waals surface area contributed by atoms with E-state index in [-0.39, 0.29) is 10.8 Å². The van der Waals surface area contributed by atoms with Crippen LogP contribution in [0.15, 0.2) is 55.1 Å². The summed E-state index contributed by atoms with van der Waals surface area (Å²) in [6, 6.07) is 11.4. The molecule has 0 unspecified atom stereocenters. The predicted octanol–water partition coefficient (Wildman–Crippen LogP) is 3.17. The number of nitrogens with zero attached hydrogens (tertiary/aromatic N) is 2. The van der Waals surface area contributed by atoms with Gasteiger partial charge in [0.05, 0.1) is 12.5 Å². The van der Waals surface area contributed by atoms with E-state index in [1.807, 2.05) is 19.1 Å². The highest BCUT2D eigenvalue weighted by Gasteiger charge is 2.68. The second-order valence-corrected chi connectivity index (χ2v) is 7.72. The zero-order valence-electron chi connectivity index (χ0n) is 17.5. The number of likely N-dealkylation sites (tertiary alicyclic amines) is 1. The van der Waals surface area contributed by atoms with Crippen LogP contribution in [0.3, 0.4) is 0 Å². The van der Waals surface area contributed by atoms with Gasteiger partial charge in [-0.2, -0.15) is 0 Å². The summed E-state index contributed by atoms with van der Waals surface area (Å²) >= 11 is 0. The van der Waals surface area contributed by atoms with E-state index in [2.05, 4.69) is 11.9 Å². The van der Waals surface area contributed by atoms with Gasteiger partial charge in [-0.25, -0.2) is 0 Å². The quantitative estimate of drug-likeness (QED) is 0.418. The molecule has 8 heteroatoms. The van der Waals surface area contributed by atoms with Crippen LogP contribution in [0.1, 0.15) is 24.0 Å². The van der Waals surface area contributed by atoms with Gasteiger partial charge in [0.15, 0.2) is 17.0 Å². The van der Waals surface area contributed by atoms with Gasteiger partial charge in [0.2, 0.25) is 0 Å². The summed E-state index contributed by atoms with van der Waals surface area (Å²) in [6.45, 7) is 6.62. The first-order valence-electron chi connectivity index (χ1n) is 10.2. The molecule has 4 rings (SSSR count). The summed E-state index contributed by atoms with van der Waals surface area (Å²) in [6.07, 6.45) is 1.64. The lowest BCUT2D eigenvalue weighted by molar-refractivity contribution is -0.534. The molecule has 0 aromatic heterocycles. The van der Waals surface area contributed by atoms with Gasteiger partial charge in [-0.3, -0.25) is 19.8 Å². The van der Waals surface area contributed by atoms with Crippen LogP contribution in [0.5, 0.6) is 11.5 Å². The molecule has 1 spiro atoms. The minimum Gasteiger partial charge on any atom is -0.490 e. The van der Waals surface area contributed by atoms with Gasteiger partial charge in [-0.15, -0.1) is 0 Å². The number of carbonyl (C=O) groups excluding carboxylic acids is 1. The smallest absolute Gasteiger partial charge is 0.256 e. The van der Waals surface area contributed by atoms with Crippen molar-refractivity contribution in [2.24, 2.45) is 0 Å². The number of nitrogens with one attached hydrogen (secondary N) is 1. The zero-order valence-corrected chi connectivity index (χ0v) is 17.5. The molecule has 2 aromatic carbocycles. The van der Waals surface area contributed by atoms with E-state index in [9.17, 15) is 14.9 Å². The average molecular weight is 423 g/mol. The SMILES string of the molecule is C=CCOc1ccc([C@@H]2CN(C)[C@]3(C(=O)Nc4ccccc43)[C@@H]2[N+](=O)[O-])cc1OCC. The number of benzene rings is 2. The van der Waals surface area contributed by atoms with E-state index in [1.165, 1.54) is 0 Å². The molecule has 2 aliphatic heterocycles. The Labute approximate surface area is 180 Å². The monoisotopic (exact) mass is 423 g/mol. The molecule has 0 saturated carbocycles. The fraction of sp³-hybridized carbons (Fsp3) is 0.348. The van der Waals surface area contributed by atoms with Crippen molar-refractivity contribution in [3.8, 4) is 11.5 Å². The molecule has 0 bridgehead atoms. The average Bonchev–Trinajstić information content (AvgIpc) is 3.23. The van der Waals surface area contributed by atoms with Crippen LogP contribution in [0.4, 0.5) is 5.69 Å². The van der Waals surface area contributed by atoms with Crippen molar-refractivity contribution < 1.29 is 19.2 Å². The third-order valence-corrected chi connectivity index (χ3v) is 6.09. The molecule has 8 nitrogen and oxygen atoms in total. The predicted molar refractivity (Wildman–Crippen MR) is 116 cm³/mol. The standard InChI is InChI=1S/C23H25N3O5/c1-4-12-31-19-11-10-15(13-20(19)30-5-2)16-14-25(3)23(21(16)26(28)29)17-8-6-7-9-18(17)24-22(23)27/h4,6-11,13,16,21H,1,5,12,14H2,2-3H3,(H,24,27)/t16-,21+,23-/m0/s1. The van der Waals surface area contributed by atoms with E-state index in [0.29, 0.717) is 42.5 Å². The molecular formula is C23H25N3O5. The first-order chi connectivity index (χ1) is 14.9. The summed E-state index contributed by atoms with van der Waals surface area (Å²) in [5, 5.41) is 15.2. The maximum atomic E-state index is 13.2. The van der Waals surface area contributed by atoms with Gasteiger partial charge in [0.25, 0.3) is 11.9 Å². The normalized spacial score (nSPS) is 24.6. The number of nitro groups is 1. The van der Waals surface area contributed by atoms with Crippen LogP contribution in [0.2, 0.25) is 0 Å². The molecule has 0 radical (unpaired) electrons. The molecule has 1 amide bonds. The van der Waals surface area contributed by atoms with E-state index in [1.54, 1.807) is 48.4 Å². The van der Waals surface area contributed by atoms with E-state index < -0.39 is 17.5 Å². The molecule has 1 N–H and O–H groups in total. The number of para-hydroxylation sites is 1. The first kappa shape index (κ1) is 20.9. The second kappa shape index (κ2) is 8.03. The van der Waals surface area contributed by atoms with E-state index in [4.69, 9.17) is 9.47 Å². The minimum atomic E-state index is -1.37. The highest BCUT2D eigenvalue weighted by molar-refractivity contribution is 6.06. The topological polar surface area (TPSA) is 93.9 Å². The largest absolute Gasteiger partial charge is 0.490 e.